The Morgan fingerprint density at radius 3 is 2.44 bits per heavy atom. The minimum Gasteiger partial charge on any atom is -0.497 e. The summed E-state index contributed by atoms with van der Waals surface area (Å²) in [5, 5.41) is 5.16. The minimum atomic E-state index is -0.641. The Labute approximate surface area is 238 Å². The van der Waals surface area contributed by atoms with E-state index in [1.807, 2.05) is 67.1 Å². The normalized spacial score (nSPS) is 17.2. The van der Waals surface area contributed by atoms with Crippen LogP contribution in [0.3, 0.4) is 0 Å². The van der Waals surface area contributed by atoms with Crippen molar-refractivity contribution in [3.05, 3.63) is 66.0 Å². The van der Waals surface area contributed by atoms with Crippen LogP contribution in [0, 0.1) is 0 Å². The lowest BCUT2D eigenvalue weighted by atomic mass is 9.88. The molecule has 6 rings (SSSR count). The molecule has 0 bridgehead atoms. The summed E-state index contributed by atoms with van der Waals surface area (Å²) >= 11 is 0. The summed E-state index contributed by atoms with van der Waals surface area (Å²) in [4.78, 5) is 18.3. The van der Waals surface area contributed by atoms with Crippen LogP contribution in [0.2, 0.25) is 0 Å². The Morgan fingerprint density at radius 2 is 1.78 bits per heavy atom. The molecule has 2 aromatic heterocycles. The molecule has 212 valence electrons. The zero-order valence-electron chi connectivity index (χ0n) is 23.7. The van der Waals surface area contributed by atoms with E-state index >= 15 is 0 Å². The third-order valence-corrected chi connectivity index (χ3v) is 7.84. The number of morpholine rings is 1. The Bertz CT molecular complexity index is 1580. The van der Waals surface area contributed by atoms with Gasteiger partial charge >= 0.3 is 0 Å². The topological polar surface area (TPSA) is 97.2 Å². The number of carbonyl (C=O) groups excluding carboxylic acids is 1. The highest BCUT2D eigenvalue weighted by Crippen LogP contribution is 2.48. The van der Waals surface area contributed by atoms with Crippen LogP contribution in [-0.2, 0) is 16.1 Å². The molecule has 10 nitrogen and oxygen atoms in total. The van der Waals surface area contributed by atoms with Gasteiger partial charge < -0.3 is 28.6 Å². The third kappa shape index (κ3) is 4.44. The van der Waals surface area contributed by atoms with Gasteiger partial charge in [0, 0.05) is 53.7 Å². The fraction of sp³-hybridized carbons (Fsp3) is 0.323. The predicted molar refractivity (Wildman–Crippen MR) is 152 cm³/mol. The van der Waals surface area contributed by atoms with Crippen molar-refractivity contribution in [1.29, 1.82) is 0 Å². The van der Waals surface area contributed by atoms with Gasteiger partial charge in [-0.25, -0.2) is 4.68 Å². The second-order valence-electron chi connectivity index (χ2n) is 10.5. The lowest BCUT2D eigenvalue weighted by Gasteiger charge is -2.45. The number of hydrogen-bond donors (Lipinski definition) is 0. The number of aromatic nitrogens is 3. The molecule has 1 unspecified atom stereocenters. The summed E-state index contributed by atoms with van der Waals surface area (Å²) in [5.74, 6) is 2.57. The molecular weight excluding hydrogens is 524 g/mol. The number of hydrogen-bond acceptors (Lipinski definition) is 8. The van der Waals surface area contributed by atoms with E-state index in [1.165, 1.54) is 0 Å². The van der Waals surface area contributed by atoms with E-state index in [2.05, 4.69) is 4.98 Å². The SMILES string of the molecule is COc1cc(OC)cc(-n2nc(C3OCCN(C=O)C3(C)C)c3c2-c2cc(-c4ccccn4)c(OC)cc2OC3)c1. The molecule has 0 spiro atoms. The Balaban J connectivity index is 1.63. The fourth-order valence-electron chi connectivity index (χ4n) is 5.62. The van der Waals surface area contributed by atoms with E-state index < -0.39 is 11.6 Å². The van der Waals surface area contributed by atoms with Gasteiger partial charge in [0.05, 0.1) is 50.6 Å². The number of benzene rings is 2. The molecule has 0 saturated carbocycles. The summed E-state index contributed by atoms with van der Waals surface area (Å²) in [5.41, 5.74) is 4.95. The quantitative estimate of drug-likeness (QED) is 0.299. The molecule has 4 aromatic rings. The average molecular weight is 557 g/mol. The standard InChI is InChI=1S/C31H32N4O6/c1-31(2)30(40-11-10-34(31)18-36)28-24-17-41-27-16-26(39-5)22(25-8-6-7-9-32-25)15-23(27)29(24)35(33-28)19-12-20(37-3)14-21(13-19)38-4/h6-9,12-16,18,30H,10-11,17H2,1-5H3. The van der Waals surface area contributed by atoms with E-state index in [0.717, 1.165) is 40.2 Å². The van der Waals surface area contributed by atoms with Crippen LogP contribution in [0.1, 0.15) is 31.2 Å². The molecule has 10 heteroatoms. The molecule has 1 saturated heterocycles. The van der Waals surface area contributed by atoms with Crippen molar-refractivity contribution in [1.82, 2.24) is 19.7 Å². The number of amides is 1. The zero-order valence-corrected chi connectivity index (χ0v) is 23.7. The highest BCUT2D eigenvalue weighted by Gasteiger charge is 2.44. The number of pyridine rings is 1. The molecule has 2 aliphatic heterocycles. The molecule has 0 radical (unpaired) electrons. The molecule has 0 aliphatic carbocycles. The van der Waals surface area contributed by atoms with Crippen LogP contribution in [-0.4, -0.2) is 66.1 Å². The summed E-state index contributed by atoms with van der Waals surface area (Å²) in [6.07, 6.45) is 2.15. The van der Waals surface area contributed by atoms with Crippen LogP contribution < -0.4 is 18.9 Å². The third-order valence-electron chi connectivity index (χ3n) is 7.84. The van der Waals surface area contributed by atoms with Crippen LogP contribution in [0.25, 0.3) is 28.2 Å². The molecule has 4 heterocycles. The highest BCUT2D eigenvalue weighted by molar-refractivity contribution is 5.83. The Kier molecular flexibility index (Phi) is 6.78. The van der Waals surface area contributed by atoms with Crippen LogP contribution in [0.15, 0.2) is 54.7 Å². The van der Waals surface area contributed by atoms with Crippen LogP contribution >= 0.6 is 0 Å². The first-order chi connectivity index (χ1) is 19.9. The molecule has 0 N–H and O–H groups in total. The largest absolute Gasteiger partial charge is 0.497 e. The van der Waals surface area contributed by atoms with Gasteiger partial charge in [0.15, 0.2) is 0 Å². The van der Waals surface area contributed by atoms with Crippen molar-refractivity contribution in [2.45, 2.75) is 32.1 Å². The number of nitrogens with zero attached hydrogens (tertiary/aromatic N) is 4. The second-order valence-corrected chi connectivity index (χ2v) is 10.5. The minimum absolute atomic E-state index is 0.266. The van der Waals surface area contributed by atoms with Crippen LogP contribution in [0.5, 0.6) is 23.0 Å². The fourth-order valence-corrected chi connectivity index (χ4v) is 5.62. The second kappa shape index (κ2) is 10.4. The van der Waals surface area contributed by atoms with Gasteiger partial charge in [0.1, 0.15) is 41.4 Å². The monoisotopic (exact) mass is 556 g/mol. The van der Waals surface area contributed by atoms with Crippen molar-refractivity contribution in [3.63, 3.8) is 0 Å². The maximum atomic E-state index is 12.0. The van der Waals surface area contributed by atoms with Crippen molar-refractivity contribution < 1.29 is 28.5 Å². The zero-order chi connectivity index (χ0) is 28.7. The first-order valence-electron chi connectivity index (χ1n) is 13.3. The van der Waals surface area contributed by atoms with Gasteiger partial charge in [0.2, 0.25) is 6.41 Å². The lowest BCUT2D eigenvalue weighted by molar-refractivity contribution is -0.147. The van der Waals surface area contributed by atoms with E-state index in [4.69, 9.17) is 28.8 Å². The van der Waals surface area contributed by atoms with Gasteiger partial charge in [-0.2, -0.15) is 5.10 Å². The van der Waals surface area contributed by atoms with Gasteiger partial charge in [0.25, 0.3) is 0 Å². The number of ether oxygens (including phenoxy) is 5. The van der Waals surface area contributed by atoms with E-state index in [9.17, 15) is 4.79 Å². The first kappa shape index (κ1) is 26.6. The number of rotatable bonds is 7. The maximum Gasteiger partial charge on any atom is 0.210 e. The molecule has 2 aromatic carbocycles. The predicted octanol–water partition coefficient (Wildman–Crippen LogP) is 4.83. The highest BCUT2D eigenvalue weighted by atomic mass is 16.5. The maximum absolute atomic E-state index is 12.0. The molecule has 1 fully saturated rings. The van der Waals surface area contributed by atoms with Crippen LogP contribution in [0.4, 0.5) is 0 Å². The molecular formula is C31H32N4O6. The molecule has 1 amide bonds. The molecule has 1 atom stereocenters. The average Bonchev–Trinajstić information content (AvgIpc) is 3.40. The summed E-state index contributed by atoms with van der Waals surface area (Å²) in [6.45, 7) is 5.16. The van der Waals surface area contributed by atoms with Gasteiger partial charge in [-0.3, -0.25) is 9.78 Å². The first-order valence-corrected chi connectivity index (χ1v) is 13.3. The van der Waals surface area contributed by atoms with Crippen molar-refractivity contribution in [3.8, 4) is 51.2 Å². The number of carbonyl (C=O) groups is 1. The summed E-state index contributed by atoms with van der Waals surface area (Å²) in [6, 6.07) is 15.3. The van der Waals surface area contributed by atoms with Crippen molar-refractivity contribution in [2.75, 3.05) is 34.5 Å². The van der Waals surface area contributed by atoms with E-state index in [-0.39, 0.29) is 6.61 Å². The van der Waals surface area contributed by atoms with E-state index in [0.29, 0.717) is 41.8 Å². The summed E-state index contributed by atoms with van der Waals surface area (Å²) in [7, 11) is 4.86. The van der Waals surface area contributed by atoms with Crippen molar-refractivity contribution in [2.24, 2.45) is 0 Å². The van der Waals surface area contributed by atoms with E-state index in [1.54, 1.807) is 32.4 Å². The smallest absolute Gasteiger partial charge is 0.210 e. The van der Waals surface area contributed by atoms with Crippen molar-refractivity contribution >= 4 is 6.41 Å². The Hall–Kier alpha value is -4.57. The Morgan fingerprint density at radius 1 is 1.00 bits per heavy atom. The van der Waals surface area contributed by atoms with Gasteiger partial charge in [-0.1, -0.05) is 6.07 Å². The number of fused-ring (bicyclic) bond motifs is 3. The molecule has 41 heavy (non-hydrogen) atoms. The van der Waals surface area contributed by atoms with Gasteiger partial charge in [-0.05, 0) is 32.0 Å². The van der Waals surface area contributed by atoms with Gasteiger partial charge in [-0.15, -0.1) is 0 Å². The number of methoxy groups -OCH3 is 3. The summed E-state index contributed by atoms with van der Waals surface area (Å²) < 4.78 is 31.5. The molecule has 2 aliphatic rings. The lowest BCUT2D eigenvalue weighted by Crippen LogP contribution is -2.54.